The van der Waals surface area contributed by atoms with Crippen LogP contribution in [0.25, 0.3) is 11.1 Å². The quantitative estimate of drug-likeness (QED) is 0.375. The molecule has 3 aromatic rings. The summed E-state index contributed by atoms with van der Waals surface area (Å²) >= 11 is 0. The highest BCUT2D eigenvalue weighted by molar-refractivity contribution is 6.02. The summed E-state index contributed by atoms with van der Waals surface area (Å²) in [4.78, 5) is 47.4. The molecule has 0 N–H and O–H groups in total. The number of carbonyl (C=O) groups is 3. The fourth-order valence-electron chi connectivity index (χ4n) is 6.36. The van der Waals surface area contributed by atoms with Gasteiger partial charge >= 0.3 is 0 Å². The van der Waals surface area contributed by atoms with Crippen molar-refractivity contribution in [3.63, 3.8) is 0 Å². The molecule has 6 rings (SSSR count). The van der Waals surface area contributed by atoms with E-state index in [0.29, 0.717) is 36.8 Å². The van der Waals surface area contributed by atoms with Crippen LogP contribution in [0.4, 0.5) is 5.69 Å². The monoisotopic (exact) mass is 610 g/mol. The van der Waals surface area contributed by atoms with Gasteiger partial charge in [-0.05, 0) is 78.8 Å². The van der Waals surface area contributed by atoms with Crippen molar-refractivity contribution in [1.29, 1.82) is 0 Å². The van der Waals surface area contributed by atoms with Crippen LogP contribution < -0.4 is 9.64 Å². The Morgan fingerprint density at radius 1 is 0.889 bits per heavy atom. The second-order valence-corrected chi connectivity index (χ2v) is 12.3. The van der Waals surface area contributed by atoms with Crippen molar-refractivity contribution < 1.29 is 23.9 Å². The van der Waals surface area contributed by atoms with Gasteiger partial charge in [-0.15, -0.1) is 0 Å². The number of likely N-dealkylation sites (tertiary alicyclic amines) is 1. The van der Waals surface area contributed by atoms with Crippen molar-refractivity contribution in [1.82, 2.24) is 14.7 Å². The molecule has 1 unspecified atom stereocenters. The smallest absolute Gasteiger partial charge is 0.265 e. The highest BCUT2D eigenvalue weighted by Gasteiger charge is 2.32. The third kappa shape index (κ3) is 6.74. The molecule has 0 saturated carbocycles. The van der Waals surface area contributed by atoms with Crippen LogP contribution in [-0.2, 0) is 14.3 Å². The Morgan fingerprint density at radius 3 is 2.33 bits per heavy atom. The fraction of sp³-hybridized carbons (Fsp3) is 0.417. The first-order chi connectivity index (χ1) is 21.8. The second kappa shape index (κ2) is 13.4. The van der Waals surface area contributed by atoms with E-state index in [1.807, 2.05) is 62.2 Å². The number of hydrogen-bond donors (Lipinski definition) is 0. The molecule has 2 saturated heterocycles. The van der Waals surface area contributed by atoms with Crippen LogP contribution >= 0.6 is 0 Å². The number of fused-ring (bicyclic) bond motifs is 1. The van der Waals surface area contributed by atoms with Crippen LogP contribution in [0.3, 0.4) is 0 Å². The molecule has 236 valence electrons. The number of carbonyl (C=O) groups excluding carboxylic acids is 3. The van der Waals surface area contributed by atoms with Gasteiger partial charge in [-0.2, -0.15) is 0 Å². The maximum Gasteiger partial charge on any atom is 0.265 e. The zero-order valence-corrected chi connectivity index (χ0v) is 26.5. The van der Waals surface area contributed by atoms with Gasteiger partial charge in [0.25, 0.3) is 11.8 Å². The van der Waals surface area contributed by atoms with E-state index in [4.69, 9.17) is 9.47 Å². The Morgan fingerprint density at radius 2 is 1.60 bits per heavy atom. The average molecular weight is 611 g/mol. The van der Waals surface area contributed by atoms with Crippen LogP contribution in [0.15, 0.2) is 60.7 Å². The van der Waals surface area contributed by atoms with Crippen molar-refractivity contribution in [2.45, 2.75) is 32.7 Å². The first-order valence-corrected chi connectivity index (χ1v) is 15.9. The summed E-state index contributed by atoms with van der Waals surface area (Å²) in [6, 6.07) is 19.7. The van der Waals surface area contributed by atoms with Crippen LogP contribution in [0.2, 0.25) is 0 Å². The minimum atomic E-state index is -0.233. The summed E-state index contributed by atoms with van der Waals surface area (Å²) in [5, 5.41) is 0. The average Bonchev–Trinajstić information content (AvgIpc) is 3.61. The van der Waals surface area contributed by atoms with Gasteiger partial charge in [-0.25, -0.2) is 0 Å². The standard InChI is InChI=1S/C36H42N4O5/c1-25-19-31-33(20-26(25)2)45-24-35(42)40(31)23-34(41)37(3)32(22-38-15-17-44-18-16-38)28-11-9-27(10-12-28)29-7-6-8-30(21-29)36(43)39-13-4-5-14-39/h6-12,19-21,32H,4-5,13-18,22-24H2,1-3H3. The van der Waals surface area contributed by atoms with Gasteiger partial charge in [0.1, 0.15) is 12.3 Å². The fourth-order valence-corrected chi connectivity index (χ4v) is 6.36. The zero-order valence-electron chi connectivity index (χ0n) is 26.5. The minimum Gasteiger partial charge on any atom is -0.482 e. The van der Waals surface area contributed by atoms with E-state index in [0.717, 1.165) is 66.8 Å². The van der Waals surface area contributed by atoms with E-state index in [2.05, 4.69) is 29.2 Å². The highest BCUT2D eigenvalue weighted by atomic mass is 16.5. The van der Waals surface area contributed by atoms with E-state index in [1.54, 1.807) is 9.80 Å². The summed E-state index contributed by atoms with van der Waals surface area (Å²) in [6.07, 6.45) is 2.12. The van der Waals surface area contributed by atoms with Gasteiger partial charge < -0.3 is 19.3 Å². The number of anilines is 1. The van der Waals surface area contributed by atoms with Crippen LogP contribution in [0.5, 0.6) is 5.75 Å². The highest BCUT2D eigenvalue weighted by Crippen LogP contribution is 2.35. The summed E-state index contributed by atoms with van der Waals surface area (Å²) in [5.41, 5.74) is 6.45. The Hall–Kier alpha value is -4.21. The van der Waals surface area contributed by atoms with E-state index >= 15 is 0 Å². The molecule has 9 heteroatoms. The van der Waals surface area contributed by atoms with E-state index < -0.39 is 0 Å². The van der Waals surface area contributed by atoms with Crippen molar-refractivity contribution >= 4 is 23.4 Å². The SMILES string of the molecule is Cc1cc2c(cc1C)N(CC(=O)N(C)C(CN1CCOCC1)c1ccc(-c3cccc(C(=O)N4CCCC4)c3)cc1)C(=O)CO2. The Bertz CT molecular complexity index is 1560. The first-order valence-electron chi connectivity index (χ1n) is 15.9. The van der Waals surface area contributed by atoms with Gasteiger partial charge in [-0.3, -0.25) is 24.2 Å². The van der Waals surface area contributed by atoms with Crippen LogP contribution in [0, 0.1) is 13.8 Å². The van der Waals surface area contributed by atoms with Crippen LogP contribution in [-0.4, -0.2) is 98.6 Å². The molecule has 0 aliphatic carbocycles. The number of morpholine rings is 1. The number of nitrogens with zero attached hydrogens (tertiary/aromatic N) is 4. The molecule has 3 aromatic carbocycles. The van der Waals surface area contributed by atoms with E-state index in [9.17, 15) is 14.4 Å². The van der Waals surface area contributed by atoms with Gasteiger partial charge in [0.2, 0.25) is 5.91 Å². The maximum atomic E-state index is 13.9. The van der Waals surface area contributed by atoms with Gasteiger partial charge in [0.05, 0.1) is 24.9 Å². The molecule has 0 spiro atoms. The summed E-state index contributed by atoms with van der Waals surface area (Å²) in [5.74, 6) is 0.333. The third-order valence-electron chi connectivity index (χ3n) is 9.34. The molecular weight excluding hydrogens is 568 g/mol. The lowest BCUT2D eigenvalue weighted by Gasteiger charge is -2.37. The third-order valence-corrected chi connectivity index (χ3v) is 9.34. The lowest BCUT2D eigenvalue weighted by Crippen LogP contribution is -2.48. The van der Waals surface area contributed by atoms with Crippen molar-refractivity contribution in [3.8, 4) is 16.9 Å². The molecule has 3 aliphatic rings. The predicted molar refractivity (Wildman–Crippen MR) is 174 cm³/mol. The molecule has 3 heterocycles. The van der Waals surface area contributed by atoms with E-state index in [-0.39, 0.29) is 36.9 Å². The molecule has 0 aromatic heterocycles. The molecule has 3 aliphatic heterocycles. The summed E-state index contributed by atoms with van der Waals surface area (Å²) < 4.78 is 11.3. The molecule has 3 amide bonds. The first kappa shape index (κ1) is 30.8. The predicted octanol–water partition coefficient (Wildman–Crippen LogP) is 4.46. The van der Waals surface area contributed by atoms with Crippen LogP contribution in [0.1, 0.15) is 45.9 Å². The topological polar surface area (TPSA) is 82.6 Å². The number of aryl methyl sites for hydroxylation is 2. The minimum absolute atomic E-state index is 0.0657. The number of hydrogen-bond acceptors (Lipinski definition) is 6. The number of likely N-dealkylation sites (N-methyl/N-ethyl adjacent to an activating group) is 1. The Kier molecular flexibility index (Phi) is 9.19. The molecule has 9 nitrogen and oxygen atoms in total. The number of ether oxygens (including phenoxy) is 2. The number of benzene rings is 3. The van der Waals surface area contributed by atoms with Gasteiger partial charge in [0, 0.05) is 45.3 Å². The lowest BCUT2D eigenvalue weighted by atomic mass is 9.98. The van der Waals surface area contributed by atoms with Crippen molar-refractivity contribution in [3.05, 3.63) is 82.9 Å². The lowest BCUT2D eigenvalue weighted by molar-refractivity contribution is -0.133. The summed E-state index contributed by atoms with van der Waals surface area (Å²) in [7, 11) is 1.82. The van der Waals surface area contributed by atoms with Crippen molar-refractivity contribution in [2.75, 3.05) is 71.0 Å². The van der Waals surface area contributed by atoms with Gasteiger partial charge in [0.15, 0.2) is 6.61 Å². The number of amides is 3. The Balaban J connectivity index is 1.23. The molecule has 0 radical (unpaired) electrons. The normalized spacial score (nSPS) is 17.5. The molecule has 0 bridgehead atoms. The molecule has 1 atom stereocenters. The zero-order chi connectivity index (χ0) is 31.5. The largest absolute Gasteiger partial charge is 0.482 e. The molecule has 2 fully saturated rings. The maximum absolute atomic E-state index is 13.9. The summed E-state index contributed by atoms with van der Waals surface area (Å²) in [6.45, 7) is 9.04. The molecule has 45 heavy (non-hydrogen) atoms. The van der Waals surface area contributed by atoms with Gasteiger partial charge in [-0.1, -0.05) is 36.4 Å². The Labute approximate surface area is 265 Å². The molecular formula is C36H42N4O5. The van der Waals surface area contributed by atoms with Crippen molar-refractivity contribution in [2.24, 2.45) is 0 Å². The number of rotatable bonds is 8. The van der Waals surface area contributed by atoms with E-state index in [1.165, 1.54) is 0 Å². The second-order valence-electron chi connectivity index (χ2n) is 12.3.